The first-order valence-electron chi connectivity index (χ1n) is 10.5. The van der Waals surface area contributed by atoms with Crippen molar-refractivity contribution in [3.05, 3.63) is 77.4 Å². The van der Waals surface area contributed by atoms with Crippen molar-refractivity contribution in [3.63, 3.8) is 0 Å². The molecule has 3 aromatic carbocycles. The number of rotatable bonds is 5. The Hall–Kier alpha value is -3.93. The number of amides is 1. The summed E-state index contributed by atoms with van der Waals surface area (Å²) in [5.74, 6) is 0.253. The molecule has 0 aliphatic carbocycles. The molecule has 0 aliphatic rings. The van der Waals surface area contributed by atoms with E-state index in [0.717, 1.165) is 39.1 Å². The Kier molecular flexibility index (Phi) is 5.77. The topological polar surface area (TPSA) is 73.2 Å². The van der Waals surface area contributed by atoms with Crippen molar-refractivity contribution in [3.8, 4) is 22.5 Å². The summed E-state index contributed by atoms with van der Waals surface area (Å²) in [5, 5.41) is 2.65. The van der Waals surface area contributed by atoms with E-state index in [4.69, 9.17) is 9.72 Å². The quantitative estimate of drug-likeness (QED) is 0.462. The summed E-state index contributed by atoms with van der Waals surface area (Å²) in [6, 6.07) is 19.2. The van der Waals surface area contributed by atoms with Crippen molar-refractivity contribution in [2.24, 2.45) is 0 Å². The number of methoxy groups -OCH3 is 1. The fourth-order valence-electron chi connectivity index (χ4n) is 4.03. The number of aryl methyl sites for hydroxylation is 2. The van der Waals surface area contributed by atoms with Gasteiger partial charge >= 0.3 is 5.97 Å². The van der Waals surface area contributed by atoms with Crippen LogP contribution in [0.5, 0.6) is 0 Å². The van der Waals surface area contributed by atoms with E-state index in [9.17, 15) is 9.59 Å². The minimum absolute atomic E-state index is 0.151. The highest BCUT2D eigenvalue weighted by atomic mass is 16.5. The number of ether oxygens (including phenoxy) is 1. The van der Waals surface area contributed by atoms with E-state index in [0.29, 0.717) is 17.7 Å². The Bertz CT molecular complexity index is 1340. The molecule has 1 heterocycles. The molecule has 0 saturated heterocycles. The molecule has 0 aliphatic heterocycles. The number of hydrogen-bond acceptors (Lipinski definition) is 4. The van der Waals surface area contributed by atoms with E-state index in [-0.39, 0.29) is 11.9 Å². The zero-order valence-corrected chi connectivity index (χ0v) is 18.6. The molecule has 0 atom stereocenters. The van der Waals surface area contributed by atoms with Crippen molar-refractivity contribution in [2.75, 3.05) is 14.2 Å². The number of esters is 1. The molecule has 1 aromatic heterocycles. The lowest BCUT2D eigenvalue weighted by molar-refractivity contribution is 0.0601. The van der Waals surface area contributed by atoms with Gasteiger partial charge in [-0.1, -0.05) is 42.0 Å². The number of aromatic nitrogens is 2. The van der Waals surface area contributed by atoms with Gasteiger partial charge in [0, 0.05) is 24.7 Å². The van der Waals surface area contributed by atoms with Crippen LogP contribution in [0.3, 0.4) is 0 Å². The largest absolute Gasteiger partial charge is 0.465 e. The smallest absolute Gasteiger partial charge is 0.338 e. The van der Waals surface area contributed by atoms with Crippen molar-refractivity contribution in [1.82, 2.24) is 14.9 Å². The first kappa shape index (κ1) is 21.3. The second-order valence-corrected chi connectivity index (χ2v) is 7.55. The first-order chi connectivity index (χ1) is 15.5. The lowest BCUT2D eigenvalue weighted by Crippen LogP contribution is -2.17. The van der Waals surface area contributed by atoms with E-state index in [1.54, 1.807) is 19.2 Å². The van der Waals surface area contributed by atoms with E-state index < -0.39 is 0 Å². The van der Waals surface area contributed by atoms with Gasteiger partial charge in [0.15, 0.2) is 0 Å². The van der Waals surface area contributed by atoms with Crippen LogP contribution in [0.4, 0.5) is 0 Å². The highest BCUT2D eigenvalue weighted by Crippen LogP contribution is 2.36. The molecule has 1 amide bonds. The van der Waals surface area contributed by atoms with Gasteiger partial charge in [0.2, 0.25) is 0 Å². The third-order valence-electron chi connectivity index (χ3n) is 5.59. The van der Waals surface area contributed by atoms with Gasteiger partial charge in [0.1, 0.15) is 5.82 Å². The Labute approximate surface area is 186 Å². The summed E-state index contributed by atoms with van der Waals surface area (Å²) in [6.45, 7) is 4.71. The Balaban J connectivity index is 1.96. The van der Waals surface area contributed by atoms with Crippen molar-refractivity contribution >= 4 is 22.9 Å². The molecule has 6 nitrogen and oxygen atoms in total. The number of carbonyl (C=O) groups excluding carboxylic acids is 2. The summed E-state index contributed by atoms with van der Waals surface area (Å²) in [6.07, 6.45) is 0. The van der Waals surface area contributed by atoms with Crippen molar-refractivity contribution in [1.29, 1.82) is 0 Å². The first-order valence-corrected chi connectivity index (χ1v) is 10.5. The molecule has 1 N–H and O–H groups in total. The molecule has 0 unspecified atom stereocenters. The van der Waals surface area contributed by atoms with Crippen LogP contribution in [0.1, 0.15) is 33.2 Å². The van der Waals surface area contributed by atoms with Crippen LogP contribution in [-0.4, -0.2) is 35.6 Å². The van der Waals surface area contributed by atoms with Crippen LogP contribution in [-0.2, 0) is 11.3 Å². The molecule has 4 aromatic rings. The molecule has 0 radical (unpaired) electrons. The molecule has 6 heteroatoms. The van der Waals surface area contributed by atoms with E-state index >= 15 is 0 Å². The van der Waals surface area contributed by atoms with Gasteiger partial charge in [-0.2, -0.15) is 0 Å². The highest BCUT2D eigenvalue weighted by Gasteiger charge is 2.20. The Morgan fingerprint density at radius 2 is 1.75 bits per heavy atom. The monoisotopic (exact) mass is 427 g/mol. The lowest BCUT2D eigenvalue weighted by atomic mass is 9.93. The standard InChI is InChI=1S/C26H25N3O3/c1-5-29-23-13-11-17(25(30)27-3)15-22(23)28-24(29)20-9-7-6-8-18(20)19-12-10-16(2)14-21(19)26(31)32-4/h6-15H,5H2,1-4H3,(H,27,30). The van der Waals surface area contributed by atoms with Gasteiger partial charge in [0.05, 0.1) is 23.7 Å². The fraction of sp³-hybridized carbons (Fsp3) is 0.192. The summed E-state index contributed by atoms with van der Waals surface area (Å²) < 4.78 is 7.16. The number of fused-ring (bicyclic) bond motifs is 1. The molecule has 4 rings (SSSR count). The van der Waals surface area contributed by atoms with E-state index in [1.807, 2.05) is 55.5 Å². The van der Waals surface area contributed by atoms with Gasteiger partial charge in [-0.15, -0.1) is 0 Å². The maximum Gasteiger partial charge on any atom is 0.338 e. The maximum absolute atomic E-state index is 12.5. The van der Waals surface area contributed by atoms with Crippen LogP contribution in [0.2, 0.25) is 0 Å². The van der Waals surface area contributed by atoms with E-state index in [1.165, 1.54) is 7.11 Å². The average Bonchev–Trinajstić information content (AvgIpc) is 3.20. The van der Waals surface area contributed by atoms with Crippen LogP contribution in [0, 0.1) is 6.92 Å². The second-order valence-electron chi connectivity index (χ2n) is 7.55. The van der Waals surface area contributed by atoms with Gasteiger partial charge in [-0.3, -0.25) is 4.79 Å². The maximum atomic E-state index is 12.5. The predicted octanol–water partition coefficient (Wildman–Crippen LogP) is 4.84. The minimum Gasteiger partial charge on any atom is -0.465 e. The number of nitrogens with one attached hydrogen (secondary N) is 1. The van der Waals surface area contributed by atoms with Gasteiger partial charge in [-0.05, 0) is 49.2 Å². The number of imidazole rings is 1. The van der Waals surface area contributed by atoms with Crippen LogP contribution in [0.15, 0.2) is 60.7 Å². The van der Waals surface area contributed by atoms with Crippen LogP contribution < -0.4 is 5.32 Å². The molecule has 0 fully saturated rings. The van der Waals surface area contributed by atoms with Crippen LogP contribution >= 0.6 is 0 Å². The molecule has 0 spiro atoms. The third kappa shape index (κ3) is 3.64. The van der Waals surface area contributed by atoms with Crippen molar-refractivity contribution < 1.29 is 14.3 Å². The Morgan fingerprint density at radius 1 is 1.00 bits per heavy atom. The number of nitrogens with zero attached hydrogens (tertiary/aromatic N) is 2. The normalized spacial score (nSPS) is 10.9. The lowest BCUT2D eigenvalue weighted by Gasteiger charge is -2.14. The molecular formula is C26H25N3O3. The zero-order valence-electron chi connectivity index (χ0n) is 18.6. The molecule has 32 heavy (non-hydrogen) atoms. The Morgan fingerprint density at radius 3 is 2.44 bits per heavy atom. The number of benzene rings is 3. The summed E-state index contributed by atoms with van der Waals surface area (Å²) in [7, 11) is 3.00. The zero-order chi connectivity index (χ0) is 22.8. The minimum atomic E-state index is -0.377. The highest BCUT2D eigenvalue weighted by molar-refractivity contribution is 6.01. The SMILES string of the molecule is CCn1c(-c2ccccc2-c2ccc(C)cc2C(=O)OC)nc2cc(C(=O)NC)ccc21. The van der Waals surface area contributed by atoms with E-state index in [2.05, 4.69) is 16.8 Å². The van der Waals surface area contributed by atoms with Gasteiger partial charge in [-0.25, -0.2) is 9.78 Å². The third-order valence-corrected chi connectivity index (χ3v) is 5.59. The molecule has 0 saturated carbocycles. The van der Waals surface area contributed by atoms with Crippen LogP contribution in [0.25, 0.3) is 33.5 Å². The summed E-state index contributed by atoms with van der Waals surface area (Å²) in [4.78, 5) is 29.5. The predicted molar refractivity (Wildman–Crippen MR) is 126 cm³/mol. The van der Waals surface area contributed by atoms with Gasteiger partial charge in [0.25, 0.3) is 5.91 Å². The second kappa shape index (κ2) is 8.67. The summed E-state index contributed by atoms with van der Waals surface area (Å²) >= 11 is 0. The summed E-state index contributed by atoms with van der Waals surface area (Å²) in [5.41, 5.74) is 6.34. The molecular weight excluding hydrogens is 402 g/mol. The molecule has 162 valence electrons. The number of carbonyl (C=O) groups is 2. The molecule has 0 bridgehead atoms. The van der Waals surface area contributed by atoms with Crippen molar-refractivity contribution in [2.45, 2.75) is 20.4 Å². The average molecular weight is 428 g/mol. The van der Waals surface area contributed by atoms with Gasteiger partial charge < -0.3 is 14.6 Å². The fourth-order valence-corrected chi connectivity index (χ4v) is 4.03. The number of hydrogen-bond donors (Lipinski definition) is 1.